The van der Waals surface area contributed by atoms with Crippen LogP contribution in [0.1, 0.15) is 24.6 Å². The largest absolute Gasteiger partial charge is 0.367 e. The molecule has 0 spiro atoms. The van der Waals surface area contributed by atoms with Gasteiger partial charge in [0.15, 0.2) is 0 Å². The molecule has 6 nitrogen and oxygen atoms in total. The van der Waals surface area contributed by atoms with Gasteiger partial charge in [0, 0.05) is 37.4 Å². The maximum Gasteiger partial charge on any atom is 0.247 e. The van der Waals surface area contributed by atoms with Crippen molar-refractivity contribution in [3.63, 3.8) is 0 Å². The van der Waals surface area contributed by atoms with Crippen LogP contribution in [0, 0.1) is 6.92 Å². The molecular weight excluding hydrogens is 244 g/mol. The van der Waals surface area contributed by atoms with Crippen molar-refractivity contribution in [3.05, 3.63) is 17.5 Å². The minimum absolute atomic E-state index is 0.386. The first kappa shape index (κ1) is 14.0. The fourth-order valence-electron chi connectivity index (χ4n) is 2.34. The van der Waals surface area contributed by atoms with Gasteiger partial charge in [-0.1, -0.05) is 6.92 Å². The van der Waals surface area contributed by atoms with Gasteiger partial charge in [-0.3, -0.25) is 14.4 Å². The third kappa shape index (κ3) is 3.33. The molecule has 1 aliphatic heterocycles. The topological polar surface area (TPSA) is 73.4 Å². The summed E-state index contributed by atoms with van der Waals surface area (Å²) in [4.78, 5) is 13.4. The second-order valence-electron chi connectivity index (χ2n) is 4.98. The molecular formula is C13H22N4O2. The van der Waals surface area contributed by atoms with Crippen molar-refractivity contribution in [2.75, 3.05) is 19.7 Å². The molecule has 1 saturated heterocycles. The van der Waals surface area contributed by atoms with Gasteiger partial charge < -0.3 is 10.5 Å². The lowest BCUT2D eigenvalue weighted by atomic mass is 10.2. The van der Waals surface area contributed by atoms with E-state index in [1.165, 1.54) is 11.3 Å². The van der Waals surface area contributed by atoms with Crippen LogP contribution in [0.3, 0.4) is 0 Å². The van der Waals surface area contributed by atoms with Crippen LogP contribution in [0.15, 0.2) is 6.20 Å². The first-order valence-corrected chi connectivity index (χ1v) is 6.76. The zero-order chi connectivity index (χ0) is 13.8. The molecule has 0 aromatic carbocycles. The summed E-state index contributed by atoms with van der Waals surface area (Å²) in [6, 6.07) is 0. The lowest BCUT2D eigenvalue weighted by Crippen LogP contribution is -2.47. The first-order chi connectivity index (χ1) is 9.11. The maximum atomic E-state index is 11.2. The molecule has 1 aromatic heterocycles. The number of amides is 1. The van der Waals surface area contributed by atoms with E-state index < -0.39 is 6.10 Å². The minimum Gasteiger partial charge on any atom is -0.367 e. The van der Waals surface area contributed by atoms with Crippen molar-refractivity contribution < 1.29 is 9.53 Å². The van der Waals surface area contributed by atoms with E-state index in [9.17, 15) is 4.79 Å². The summed E-state index contributed by atoms with van der Waals surface area (Å²) >= 11 is 0. The van der Waals surface area contributed by atoms with E-state index in [1.54, 1.807) is 0 Å². The van der Waals surface area contributed by atoms with Crippen LogP contribution >= 0.6 is 0 Å². The molecule has 1 aliphatic rings. The standard InChI is InChI=1S/C13H22N4O2/c1-3-4-17-10(2)11(7-15-17)8-16-5-6-19-12(9-16)13(14)18/h7,12H,3-6,8-9H2,1-2H3,(H2,14,18)/t12-/m1/s1. The monoisotopic (exact) mass is 266 g/mol. The number of hydrogen-bond acceptors (Lipinski definition) is 4. The highest BCUT2D eigenvalue weighted by Gasteiger charge is 2.25. The van der Waals surface area contributed by atoms with E-state index >= 15 is 0 Å². The third-order valence-electron chi connectivity index (χ3n) is 3.50. The summed E-state index contributed by atoms with van der Waals surface area (Å²) in [5, 5.41) is 4.39. The molecule has 2 rings (SSSR count). The fraction of sp³-hybridized carbons (Fsp3) is 0.692. The van der Waals surface area contributed by atoms with Gasteiger partial charge in [0.1, 0.15) is 6.10 Å². The lowest BCUT2D eigenvalue weighted by Gasteiger charge is -2.31. The second-order valence-corrected chi connectivity index (χ2v) is 4.98. The number of carbonyl (C=O) groups is 1. The molecule has 19 heavy (non-hydrogen) atoms. The van der Waals surface area contributed by atoms with Gasteiger partial charge in [0.2, 0.25) is 5.91 Å². The van der Waals surface area contributed by atoms with Crippen molar-refractivity contribution in [2.24, 2.45) is 5.73 Å². The van der Waals surface area contributed by atoms with Crippen LogP contribution < -0.4 is 5.73 Å². The molecule has 2 N–H and O–H groups in total. The zero-order valence-corrected chi connectivity index (χ0v) is 11.6. The van der Waals surface area contributed by atoms with Crippen LogP contribution in [-0.2, 0) is 22.6 Å². The van der Waals surface area contributed by atoms with Gasteiger partial charge in [0.05, 0.1) is 12.8 Å². The fourth-order valence-corrected chi connectivity index (χ4v) is 2.34. The number of hydrogen-bond donors (Lipinski definition) is 1. The molecule has 0 saturated carbocycles. The van der Waals surface area contributed by atoms with Gasteiger partial charge in [-0.2, -0.15) is 5.10 Å². The predicted octanol–water partition coefficient (Wildman–Crippen LogP) is 0.288. The molecule has 2 heterocycles. The van der Waals surface area contributed by atoms with Crippen LogP contribution in [0.2, 0.25) is 0 Å². The molecule has 106 valence electrons. The van der Waals surface area contributed by atoms with Crippen LogP contribution in [0.25, 0.3) is 0 Å². The molecule has 1 amide bonds. The summed E-state index contributed by atoms with van der Waals surface area (Å²) in [7, 11) is 0. The molecule has 0 unspecified atom stereocenters. The van der Waals surface area contributed by atoms with E-state index in [0.29, 0.717) is 13.2 Å². The van der Waals surface area contributed by atoms with Crippen LogP contribution in [0.5, 0.6) is 0 Å². The minimum atomic E-state index is -0.486. The van der Waals surface area contributed by atoms with E-state index in [-0.39, 0.29) is 5.91 Å². The summed E-state index contributed by atoms with van der Waals surface area (Å²) in [5.74, 6) is -0.386. The lowest BCUT2D eigenvalue weighted by molar-refractivity contribution is -0.135. The number of nitrogens with two attached hydrogens (primary N) is 1. The second kappa shape index (κ2) is 6.16. The van der Waals surface area contributed by atoms with Crippen molar-refractivity contribution in [1.82, 2.24) is 14.7 Å². The van der Waals surface area contributed by atoms with E-state index in [0.717, 1.165) is 26.1 Å². The van der Waals surface area contributed by atoms with E-state index in [1.807, 2.05) is 10.9 Å². The Morgan fingerprint density at radius 2 is 2.42 bits per heavy atom. The van der Waals surface area contributed by atoms with Crippen molar-refractivity contribution >= 4 is 5.91 Å². The van der Waals surface area contributed by atoms with Gasteiger partial charge in [-0.25, -0.2) is 0 Å². The highest BCUT2D eigenvalue weighted by molar-refractivity contribution is 5.79. The smallest absolute Gasteiger partial charge is 0.247 e. The average molecular weight is 266 g/mol. The van der Waals surface area contributed by atoms with E-state index in [4.69, 9.17) is 10.5 Å². The van der Waals surface area contributed by atoms with Crippen LogP contribution in [-0.4, -0.2) is 46.4 Å². The van der Waals surface area contributed by atoms with Crippen LogP contribution in [0.4, 0.5) is 0 Å². The molecule has 0 aliphatic carbocycles. The quantitative estimate of drug-likeness (QED) is 0.831. The Balaban J connectivity index is 1.98. The SMILES string of the molecule is CCCn1ncc(CN2CCO[C@@H](C(N)=O)C2)c1C. The molecule has 1 atom stereocenters. The number of aromatic nitrogens is 2. The number of carbonyl (C=O) groups excluding carboxylic acids is 1. The zero-order valence-electron chi connectivity index (χ0n) is 11.6. The Labute approximate surface area is 113 Å². The molecule has 0 radical (unpaired) electrons. The number of rotatable bonds is 5. The summed E-state index contributed by atoms with van der Waals surface area (Å²) in [5.41, 5.74) is 7.69. The van der Waals surface area contributed by atoms with Gasteiger partial charge in [0.25, 0.3) is 0 Å². The highest BCUT2D eigenvalue weighted by Crippen LogP contribution is 2.14. The number of morpholine rings is 1. The Kier molecular flexibility index (Phi) is 4.55. The number of ether oxygens (including phenoxy) is 1. The molecule has 1 fully saturated rings. The Hall–Kier alpha value is -1.40. The number of nitrogens with zero attached hydrogens (tertiary/aromatic N) is 3. The average Bonchev–Trinajstić information content (AvgIpc) is 2.72. The van der Waals surface area contributed by atoms with Crippen molar-refractivity contribution in [1.29, 1.82) is 0 Å². The summed E-state index contributed by atoms with van der Waals surface area (Å²) in [6.45, 7) is 7.90. The summed E-state index contributed by atoms with van der Waals surface area (Å²) in [6.07, 6.45) is 2.50. The third-order valence-corrected chi connectivity index (χ3v) is 3.50. The predicted molar refractivity (Wildman–Crippen MR) is 71.5 cm³/mol. The Morgan fingerprint density at radius 1 is 1.63 bits per heavy atom. The van der Waals surface area contributed by atoms with Gasteiger partial charge in [-0.15, -0.1) is 0 Å². The number of primary amides is 1. The van der Waals surface area contributed by atoms with Crippen molar-refractivity contribution in [3.8, 4) is 0 Å². The van der Waals surface area contributed by atoms with Crippen molar-refractivity contribution in [2.45, 2.75) is 39.5 Å². The maximum absolute atomic E-state index is 11.2. The summed E-state index contributed by atoms with van der Waals surface area (Å²) < 4.78 is 7.37. The molecule has 1 aromatic rings. The molecule has 6 heteroatoms. The Bertz CT molecular complexity index is 444. The highest BCUT2D eigenvalue weighted by atomic mass is 16.5. The van der Waals surface area contributed by atoms with Gasteiger partial charge in [-0.05, 0) is 13.3 Å². The van der Waals surface area contributed by atoms with E-state index in [2.05, 4.69) is 23.8 Å². The Morgan fingerprint density at radius 3 is 3.11 bits per heavy atom. The normalized spacial score (nSPS) is 20.6. The molecule has 0 bridgehead atoms. The number of aryl methyl sites for hydroxylation is 1. The first-order valence-electron chi connectivity index (χ1n) is 6.76. The van der Waals surface area contributed by atoms with Gasteiger partial charge >= 0.3 is 0 Å².